The predicted octanol–water partition coefficient (Wildman–Crippen LogP) is 3.58. The molecule has 0 amide bonds. The molecule has 0 aliphatic heterocycles. The maximum Gasteiger partial charge on any atom is 0.306 e. The monoisotopic (exact) mass is 274 g/mol. The summed E-state index contributed by atoms with van der Waals surface area (Å²) in [6.07, 6.45) is 1.73. The van der Waals surface area contributed by atoms with E-state index in [1.807, 2.05) is 6.07 Å². The van der Waals surface area contributed by atoms with Crippen LogP contribution in [0, 0.1) is 5.92 Å². The number of pyridine rings is 1. The molecule has 6 heteroatoms. The van der Waals surface area contributed by atoms with E-state index in [2.05, 4.69) is 21.6 Å². The van der Waals surface area contributed by atoms with Crippen LogP contribution in [-0.2, 0) is 9.53 Å². The van der Waals surface area contributed by atoms with E-state index in [4.69, 9.17) is 10.3 Å². The van der Waals surface area contributed by atoms with Gasteiger partial charge in [-0.1, -0.05) is 23.3 Å². The average molecular weight is 274 g/mol. The van der Waals surface area contributed by atoms with Crippen molar-refractivity contribution in [3.8, 4) is 0 Å². The number of hydrogen-bond donors (Lipinski definition) is 0. The molecule has 0 bridgehead atoms. The van der Waals surface area contributed by atoms with Crippen molar-refractivity contribution in [2.75, 3.05) is 6.61 Å². The Morgan fingerprint density at radius 3 is 2.85 bits per heavy atom. The number of nitrogens with zero attached hydrogens (tertiary/aromatic N) is 4. The van der Waals surface area contributed by atoms with Crippen LogP contribution in [0.15, 0.2) is 41.7 Å². The second-order valence-electron chi connectivity index (χ2n) is 4.37. The molecule has 20 heavy (non-hydrogen) atoms. The lowest BCUT2D eigenvalue weighted by Gasteiger charge is -2.22. The van der Waals surface area contributed by atoms with Gasteiger partial charge >= 0.3 is 5.97 Å². The molecule has 1 aromatic rings. The van der Waals surface area contributed by atoms with Gasteiger partial charge in [0.1, 0.15) is 0 Å². The van der Waals surface area contributed by atoms with Crippen LogP contribution in [0.3, 0.4) is 0 Å². The number of esters is 1. The van der Waals surface area contributed by atoms with Gasteiger partial charge in [0.15, 0.2) is 0 Å². The largest absolute Gasteiger partial charge is 0.466 e. The van der Waals surface area contributed by atoms with E-state index in [0.717, 1.165) is 5.57 Å². The van der Waals surface area contributed by atoms with E-state index >= 15 is 0 Å². The van der Waals surface area contributed by atoms with E-state index in [1.54, 1.807) is 32.2 Å². The highest BCUT2D eigenvalue weighted by molar-refractivity contribution is 5.70. The van der Waals surface area contributed by atoms with Gasteiger partial charge in [-0.15, -0.1) is 0 Å². The van der Waals surface area contributed by atoms with Crippen molar-refractivity contribution in [1.82, 2.24) is 4.98 Å². The Morgan fingerprint density at radius 2 is 2.35 bits per heavy atom. The third-order valence-corrected chi connectivity index (χ3v) is 2.87. The van der Waals surface area contributed by atoms with Gasteiger partial charge in [0.25, 0.3) is 0 Å². The Kier molecular flexibility index (Phi) is 6.26. The van der Waals surface area contributed by atoms with Crippen molar-refractivity contribution in [2.45, 2.75) is 26.3 Å². The van der Waals surface area contributed by atoms with Gasteiger partial charge in [-0.3, -0.25) is 9.78 Å². The number of ether oxygens (including phenoxy) is 1. The number of hydrogen-bond acceptors (Lipinski definition) is 4. The highest BCUT2D eigenvalue weighted by Gasteiger charge is 2.27. The van der Waals surface area contributed by atoms with E-state index in [-0.39, 0.29) is 18.3 Å². The van der Waals surface area contributed by atoms with Crippen molar-refractivity contribution in [2.24, 2.45) is 11.0 Å². The van der Waals surface area contributed by atoms with Gasteiger partial charge in [-0.05, 0) is 31.5 Å². The summed E-state index contributed by atoms with van der Waals surface area (Å²) in [6.45, 7) is 7.74. The smallest absolute Gasteiger partial charge is 0.306 e. The molecule has 6 nitrogen and oxygen atoms in total. The number of carbonyl (C=O) groups is 1. The summed E-state index contributed by atoms with van der Waals surface area (Å²) in [7, 11) is 0. The van der Waals surface area contributed by atoms with Gasteiger partial charge in [0.2, 0.25) is 0 Å². The molecular formula is C14H18N4O2. The van der Waals surface area contributed by atoms with E-state index in [0.29, 0.717) is 12.3 Å². The predicted molar refractivity (Wildman–Crippen MR) is 75.7 cm³/mol. The topological polar surface area (TPSA) is 88.0 Å². The highest BCUT2D eigenvalue weighted by Crippen LogP contribution is 2.32. The molecule has 0 spiro atoms. The lowest BCUT2D eigenvalue weighted by atomic mass is 9.88. The van der Waals surface area contributed by atoms with Gasteiger partial charge < -0.3 is 4.74 Å². The Hall–Kier alpha value is -2.33. The molecule has 0 N–H and O–H groups in total. The third-order valence-electron chi connectivity index (χ3n) is 2.87. The Labute approximate surface area is 118 Å². The van der Waals surface area contributed by atoms with Crippen molar-refractivity contribution in [1.29, 1.82) is 0 Å². The standard InChI is InChI=1S/C14H18N4O2/c1-4-20-13(19)9-11(10(2)3)14(17-18-15)12-7-5-6-8-16-12/h5-8,11,14H,2,4,9H2,1,3H3/t11-,14-/m1/s1. The normalized spacial score (nSPS) is 12.9. The summed E-state index contributed by atoms with van der Waals surface area (Å²) in [4.78, 5) is 18.7. The summed E-state index contributed by atoms with van der Waals surface area (Å²) in [5.41, 5.74) is 10.1. The number of rotatable bonds is 7. The summed E-state index contributed by atoms with van der Waals surface area (Å²) in [6, 6.07) is 4.78. The van der Waals surface area contributed by atoms with Crippen LogP contribution >= 0.6 is 0 Å². The summed E-state index contributed by atoms with van der Waals surface area (Å²) in [5.74, 6) is -0.672. The number of aromatic nitrogens is 1. The first-order chi connectivity index (χ1) is 9.60. The molecule has 1 heterocycles. The summed E-state index contributed by atoms with van der Waals surface area (Å²) < 4.78 is 4.95. The van der Waals surface area contributed by atoms with Crippen molar-refractivity contribution in [3.63, 3.8) is 0 Å². The first kappa shape index (κ1) is 15.7. The van der Waals surface area contributed by atoms with E-state index in [1.165, 1.54) is 0 Å². The molecule has 0 radical (unpaired) electrons. The number of azide groups is 1. The molecule has 0 unspecified atom stereocenters. The second kappa shape index (κ2) is 7.96. The molecule has 0 aromatic carbocycles. The minimum atomic E-state index is -0.567. The minimum Gasteiger partial charge on any atom is -0.466 e. The summed E-state index contributed by atoms with van der Waals surface area (Å²) in [5, 5.41) is 3.78. The van der Waals surface area contributed by atoms with Crippen LogP contribution in [0.25, 0.3) is 10.4 Å². The fourth-order valence-corrected chi connectivity index (χ4v) is 1.91. The maximum absolute atomic E-state index is 11.7. The van der Waals surface area contributed by atoms with Crippen LogP contribution in [0.4, 0.5) is 0 Å². The molecule has 1 rings (SSSR count). The van der Waals surface area contributed by atoms with Gasteiger partial charge in [0, 0.05) is 22.7 Å². The highest BCUT2D eigenvalue weighted by atomic mass is 16.5. The Balaban J connectivity index is 3.04. The molecule has 0 aliphatic carbocycles. The third kappa shape index (κ3) is 4.40. The molecule has 0 saturated heterocycles. The molecular weight excluding hydrogens is 256 g/mol. The van der Waals surface area contributed by atoms with Crippen molar-refractivity contribution >= 4 is 5.97 Å². The molecule has 0 saturated carbocycles. The SMILES string of the molecule is C=C(C)[C@@H](CC(=O)OCC)[C@@H](N=[N+]=[N-])c1ccccn1. The lowest BCUT2D eigenvalue weighted by Crippen LogP contribution is -2.19. The fraction of sp³-hybridized carbons (Fsp3) is 0.429. The molecule has 0 aliphatic rings. The van der Waals surface area contributed by atoms with Crippen LogP contribution in [0.2, 0.25) is 0 Å². The van der Waals surface area contributed by atoms with E-state index < -0.39 is 6.04 Å². The average Bonchev–Trinajstić information content (AvgIpc) is 2.43. The van der Waals surface area contributed by atoms with Gasteiger partial charge in [-0.2, -0.15) is 0 Å². The molecule has 0 fully saturated rings. The van der Waals surface area contributed by atoms with E-state index in [9.17, 15) is 4.79 Å². The Bertz CT molecular complexity index is 509. The van der Waals surface area contributed by atoms with Crippen LogP contribution in [-0.4, -0.2) is 17.6 Å². The van der Waals surface area contributed by atoms with Gasteiger partial charge in [0.05, 0.1) is 19.1 Å². The zero-order valence-corrected chi connectivity index (χ0v) is 11.7. The maximum atomic E-state index is 11.7. The molecule has 106 valence electrons. The lowest BCUT2D eigenvalue weighted by molar-refractivity contribution is -0.144. The zero-order valence-electron chi connectivity index (χ0n) is 11.7. The second-order valence-corrected chi connectivity index (χ2v) is 4.37. The number of carbonyl (C=O) groups excluding carboxylic acids is 1. The van der Waals surface area contributed by atoms with Gasteiger partial charge in [-0.25, -0.2) is 0 Å². The van der Waals surface area contributed by atoms with Crippen molar-refractivity contribution < 1.29 is 9.53 Å². The first-order valence-electron chi connectivity index (χ1n) is 6.36. The quantitative estimate of drug-likeness (QED) is 0.250. The van der Waals surface area contributed by atoms with Crippen LogP contribution < -0.4 is 0 Å². The van der Waals surface area contributed by atoms with Crippen LogP contribution in [0.1, 0.15) is 32.0 Å². The van der Waals surface area contributed by atoms with Crippen molar-refractivity contribution in [3.05, 3.63) is 52.7 Å². The molecule has 2 atom stereocenters. The summed E-state index contributed by atoms with van der Waals surface area (Å²) >= 11 is 0. The minimum absolute atomic E-state index is 0.115. The molecule has 1 aromatic heterocycles. The zero-order chi connectivity index (χ0) is 15.0. The fourth-order valence-electron chi connectivity index (χ4n) is 1.91. The first-order valence-corrected chi connectivity index (χ1v) is 6.36. The Morgan fingerprint density at radius 1 is 1.60 bits per heavy atom. The van der Waals surface area contributed by atoms with Crippen LogP contribution in [0.5, 0.6) is 0 Å².